The molecule has 0 aliphatic rings. The summed E-state index contributed by atoms with van der Waals surface area (Å²) in [5.74, 6) is -0.412. The number of nitriles is 1. The number of rotatable bonds is 3. The largest absolute Gasteiger partial charge is 0.377 e. The first-order chi connectivity index (χ1) is 9.51. The highest BCUT2D eigenvalue weighted by Gasteiger charge is 2.12. The molecule has 0 saturated heterocycles. The standard InChI is InChI=1S/C15H11Br2FN2/c1-9(13-4-2-11(16)7-14(13)17)20-15-5-3-12(18)6-10(15)8-19/h2-7,9,20H,1H3. The van der Waals surface area contributed by atoms with Gasteiger partial charge in [-0.1, -0.05) is 37.9 Å². The molecule has 1 N–H and O–H groups in total. The fourth-order valence-electron chi connectivity index (χ4n) is 1.90. The summed E-state index contributed by atoms with van der Waals surface area (Å²) in [6.45, 7) is 1.98. The van der Waals surface area contributed by atoms with Crippen LogP contribution in [0, 0.1) is 17.1 Å². The number of anilines is 1. The van der Waals surface area contributed by atoms with Gasteiger partial charge < -0.3 is 5.32 Å². The molecule has 20 heavy (non-hydrogen) atoms. The second-order valence-corrected chi connectivity index (χ2v) is 6.10. The van der Waals surface area contributed by atoms with Gasteiger partial charge in [0, 0.05) is 15.0 Å². The van der Waals surface area contributed by atoms with E-state index in [4.69, 9.17) is 5.26 Å². The molecule has 102 valence electrons. The molecule has 0 aromatic heterocycles. The average Bonchev–Trinajstić information content (AvgIpc) is 2.40. The van der Waals surface area contributed by atoms with Crippen LogP contribution in [-0.4, -0.2) is 0 Å². The molecule has 0 saturated carbocycles. The zero-order valence-corrected chi connectivity index (χ0v) is 13.8. The van der Waals surface area contributed by atoms with Gasteiger partial charge in [0.05, 0.1) is 11.3 Å². The predicted molar refractivity (Wildman–Crippen MR) is 85.0 cm³/mol. The number of benzene rings is 2. The number of nitrogens with one attached hydrogen (secondary N) is 1. The van der Waals surface area contributed by atoms with Crippen molar-refractivity contribution < 1.29 is 4.39 Å². The maximum atomic E-state index is 13.1. The Morgan fingerprint density at radius 1 is 1.20 bits per heavy atom. The summed E-state index contributed by atoms with van der Waals surface area (Å²) in [7, 11) is 0. The summed E-state index contributed by atoms with van der Waals surface area (Å²) in [5, 5.41) is 12.3. The van der Waals surface area contributed by atoms with E-state index in [2.05, 4.69) is 37.2 Å². The third-order valence-corrected chi connectivity index (χ3v) is 4.08. The molecular weight excluding hydrogens is 387 g/mol. The molecule has 0 aliphatic heterocycles. The molecule has 0 aliphatic carbocycles. The van der Waals surface area contributed by atoms with Crippen LogP contribution in [0.1, 0.15) is 24.1 Å². The highest BCUT2D eigenvalue weighted by molar-refractivity contribution is 9.11. The Kier molecular flexibility index (Phi) is 4.79. The van der Waals surface area contributed by atoms with Gasteiger partial charge in [-0.3, -0.25) is 0 Å². The van der Waals surface area contributed by atoms with Crippen molar-refractivity contribution >= 4 is 37.5 Å². The molecule has 2 aromatic carbocycles. The van der Waals surface area contributed by atoms with Crippen LogP contribution < -0.4 is 5.32 Å². The van der Waals surface area contributed by atoms with Gasteiger partial charge in [-0.05, 0) is 42.8 Å². The van der Waals surface area contributed by atoms with Gasteiger partial charge in [-0.2, -0.15) is 5.26 Å². The van der Waals surface area contributed by atoms with Crippen LogP contribution in [0.3, 0.4) is 0 Å². The first-order valence-corrected chi connectivity index (χ1v) is 7.51. The maximum Gasteiger partial charge on any atom is 0.124 e. The summed E-state index contributed by atoms with van der Waals surface area (Å²) >= 11 is 6.92. The Labute approximate surface area is 133 Å². The molecular formula is C15H11Br2FN2. The molecule has 0 radical (unpaired) electrons. The Morgan fingerprint density at radius 2 is 1.95 bits per heavy atom. The van der Waals surface area contributed by atoms with Crippen LogP contribution in [-0.2, 0) is 0 Å². The molecule has 0 heterocycles. The highest BCUT2D eigenvalue weighted by Crippen LogP contribution is 2.29. The van der Waals surface area contributed by atoms with E-state index in [9.17, 15) is 4.39 Å². The summed E-state index contributed by atoms with van der Waals surface area (Å²) in [6.07, 6.45) is 0. The van der Waals surface area contributed by atoms with Crippen LogP contribution in [0.5, 0.6) is 0 Å². The average molecular weight is 398 g/mol. The van der Waals surface area contributed by atoms with Crippen molar-refractivity contribution in [1.82, 2.24) is 0 Å². The zero-order chi connectivity index (χ0) is 14.7. The Morgan fingerprint density at radius 3 is 2.60 bits per heavy atom. The molecule has 2 nitrogen and oxygen atoms in total. The van der Waals surface area contributed by atoms with Gasteiger partial charge in [0.25, 0.3) is 0 Å². The maximum absolute atomic E-state index is 13.1. The van der Waals surface area contributed by atoms with Gasteiger partial charge in [0.15, 0.2) is 0 Å². The SMILES string of the molecule is CC(Nc1ccc(F)cc1C#N)c1ccc(Br)cc1Br. The van der Waals surface area contributed by atoms with Crippen LogP contribution >= 0.6 is 31.9 Å². The molecule has 1 unspecified atom stereocenters. The lowest BCUT2D eigenvalue weighted by molar-refractivity contribution is 0.627. The minimum Gasteiger partial charge on any atom is -0.377 e. The third-order valence-electron chi connectivity index (χ3n) is 2.90. The van der Waals surface area contributed by atoms with Gasteiger partial charge >= 0.3 is 0 Å². The van der Waals surface area contributed by atoms with Crippen molar-refractivity contribution in [3.63, 3.8) is 0 Å². The lowest BCUT2D eigenvalue weighted by Crippen LogP contribution is -2.08. The van der Waals surface area contributed by atoms with Crippen molar-refractivity contribution in [1.29, 1.82) is 5.26 Å². The van der Waals surface area contributed by atoms with Crippen molar-refractivity contribution in [3.05, 3.63) is 62.3 Å². The second kappa shape index (κ2) is 6.38. The van der Waals surface area contributed by atoms with E-state index >= 15 is 0 Å². The molecule has 1 atom stereocenters. The Balaban J connectivity index is 2.28. The zero-order valence-electron chi connectivity index (χ0n) is 10.6. The minimum absolute atomic E-state index is 0.0185. The molecule has 5 heteroatoms. The van der Waals surface area contributed by atoms with Gasteiger partial charge in [0.1, 0.15) is 11.9 Å². The Bertz CT molecular complexity index is 680. The van der Waals surface area contributed by atoms with Crippen molar-refractivity contribution in [2.45, 2.75) is 13.0 Å². The third kappa shape index (κ3) is 3.38. The molecule has 0 fully saturated rings. The summed E-state index contributed by atoms with van der Waals surface area (Å²) < 4.78 is 15.1. The number of halogens is 3. The minimum atomic E-state index is -0.412. The van der Waals surface area contributed by atoms with Crippen molar-refractivity contribution in [2.75, 3.05) is 5.32 Å². The van der Waals surface area contributed by atoms with E-state index in [0.29, 0.717) is 11.3 Å². The quantitative estimate of drug-likeness (QED) is 0.752. The van der Waals surface area contributed by atoms with Crippen LogP contribution in [0.15, 0.2) is 45.3 Å². The van der Waals surface area contributed by atoms with E-state index in [1.807, 2.05) is 31.2 Å². The van der Waals surface area contributed by atoms with Gasteiger partial charge in [-0.15, -0.1) is 0 Å². The predicted octanol–water partition coefficient (Wildman–Crippen LogP) is 5.40. The number of hydrogen-bond donors (Lipinski definition) is 1. The van der Waals surface area contributed by atoms with E-state index < -0.39 is 5.82 Å². The first-order valence-electron chi connectivity index (χ1n) is 5.92. The lowest BCUT2D eigenvalue weighted by atomic mass is 10.1. The Hall–Kier alpha value is -1.38. The monoisotopic (exact) mass is 396 g/mol. The fourth-order valence-corrected chi connectivity index (χ4v) is 3.29. The molecule has 2 aromatic rings. The summed E-state index contributed by atoms with van der Waals surface area (Å²) in [5.41, 5.74) is 1.97. The van der Waals surface area contributed by atoms with Crippen LogP contribution in [0.2, 0.25) is 0 Å². The van der Waals surface area contributed by atoms with E-state index in [-0.39, 0.29) is 6.04 Å². The molecule has 2 rings (SSSR count). The smallest absolute Gasteiger partial charge is 0.124 e. The molecule has 0 spiro atoms. The van der Waals surface area contributed by atoms with Crippen LogP contribution in [0.25, 0.3) is 0 Å². The summed E-state index contributed by atoms with van der Waals surface area (Å²) in [4.78, 5) is 0. The second-order valence-electron chi connectivity index (χ2n) is 4.33. The van der Waals surface area contributed by atoms with E-state index in [1.165, 1.54) is 12.1 Å². The highest BCUT2D eigenvalue weighted by atomic mass is 79.9. The van der Waals surface area contributed by atoms with E-state index in [1.54, 1.807) is 6.07 Å². The first kappa shape index (κ1) is 15.0. The topological polar surface area (TPSA) is 35.8 Å². The van der Waals surface area contributed by atoms with Crippen molar-refractivity contribution in [3.8, 4) is 6.07 Å². The summed E-state index contributed by atoms with van der Waals surface area (Å²) in [6, 6.07) is 12.0. The molecule has 0 bridgehead atoms. The van der Waals surface area contributed by atoms with E-state index in [0.717, 1.165) is 14.5 Å². The number of hydrogen-bond acceptors (Lipinski definition) is 2. The van der Waals surface area contributed by atoms with Gasteiger partial charge in [-0.25, -0.2) is 4.39 Å². The van der Waals surface area contributed by atoms with Crippen molar-refractivity contribution in [2.24, 2.45) is 0 Å². The number of nitrogens with zero attached hydrogens (tertiary/aromatic N) is 1. The van der Waals surface area contributed by atoms with Crippen LogP contribution in [0.4, 0.5) is 10.1 Å². The lowest BCUT2D eigenvalue weighted by Gasteiger charge is -2.18. The fraction of sp³-hybridized carbons (Fsp3) is 0.133. The normalized spacial score (nSPS) is 11.8. The van der Waals surface area contributed by atoms with Gasteiger partial charge in [0.2, 0.25) is 0 Å². The molecule has 0 amide bonds.